The third-order valence-electron chi connectivity index (χ3n) is 1.63. The SMILES string of the molecule is CC(=O)NCc1cc(C#CCCO)cs1. The number of thiophene rings is 1. The highest BCUT2D eigenvalue weighted by Gasteiger charge is 1.98. The predicted octanol–water partition coefficient (Wildman–Crippen LogP) is 1.12. The van der Waals surface area contributed by atoms with E-state index in [0.29, 0.717) is 13.0 Å². The third-order valence-corrected chi connectivity index (χ3v) is 2.57. The van der Waals surface area contributed by atoms with Crippen LogP contribution < -0.4 is 5.32 Å². The minimum atomic E-state index is -0.0312. The lowest BCUT2D eigenvalue weighted by molar-refractivity contribution is -0.119. The molecule has 1 rings (SSSR count). The Morgan fingerprint density at radius 1 is 1.67 bits per heavy atom. The van der Waals surface area contributed by atoms with Crippen LogP contribution >= 0.6 is 11.3 Å². The molecule has 2 N–H and O–H groups in total. The van der Waals surface area contributed by atoms with E-state index >= 15 is 0 Å². The van der Waals surface area contributed by atoms with Gasteiger partial charge in [0.1, 0.15) is 0 Å². The van der Waals surface area contributed by atoms with Gasteiger partial charge in [-0.3, -0.25) is 4.79 Å². The zero-order valence-electron chi connectivity index (χ0n) is 8.54. The second-order valence-corrected chi connectivity index (χ2v) is 3.98. The van der Waals surface area contributed by atoms with Gasteiger partial charge in [-0.15, -0.1) is 11.3 Å². The molecule has 3 nitrogen and oxygen atoms in total. The summed E-state index contributed by atoms with van der Waals surface area (Å²) in [7, 11) is 0. The average molecular weight is 223 g/mol. The van der Waals surface area contributed by atoms with Crippen molar-refractivity contribution >= 4 is 17.2 Å². The van der Waals surface area contributed by atoms with E-state index in [0.717, 1.165) is 10.4 Å². The van der Waals surface area contributed by atoms with Gasteiger partial charge in [-0.05, 0) is 6.07 Å². The van der Waals surface area contributed by atoms with Gasteiger partial charge < -0.3 is 10.4 Å². The number of amides is 1. The molecule has 0 radical (unpaired) electrons. The van der Waals surface area contributed by atoms with Gasteiger partial charge in [0.25, 0.3) is 0 Å². The van der Waals surface area contributed by atoms with Crippen molar-refractivity contribution in [2.75, 3.05) is 6.61 Å². The number of aliphatic hydroxyl groups is 1. The fourth-order valence-corrected chi connectivity index (χ4v) is 1.73. The molecule has 0 fully saturated rings. The Morgan fingerprint density at radius 2 is 2.47 bits per heavy atom. The van der Waals surface area contributed by atoms with E-state index in [9.17, 15) is 4.79 Å². The van der Waals surface area contributed by atoms with Crippen molar-refractivity contribution in [2.45, 2.75) is 19.9 Å². The molecule has 1 heterocycles. The molecule has 0 saturated heterocycles. The molecule has 0 spiro atoms. The number of aliphatic hydroxyl groups excluding tert-OH is 1. The van der Waals surface area contributed by atoms with E-state index in [1.165, 1.54) is 6.92 Å². The fraction of sp³-hybridized carbons (Fsp3) is 0.364. The highest BCUT2D eigenvalue weighted by Crippen LogP contribution is 2.13. The van der Waals surface area contributed by atoms with E-state index in [1.807, 2.05) is 11.4 Å². The number of rotatable bonds is 3. The van der Waals surface area contributed by atoms with Crippen LogP contribution in [0.5, 0.6) is 0 Å². The van der Waals surface area contributed by atoms with Crippen LogP contribution in [-0.2, 0) is 11.3 Å². The summed E-state index contributed by atoms with van der Waals surface area (Å²) in [5.74, 6) is 5.76. The Morgan fingerprint density at radius 3 is 3.13 bits per heavy atom. The molecule has 1 amide bonds. The molecule has 15 heavy (non-hydrogen) atoms. The number of nitrogens with one attached hydrogen (secondary N) is 1. The van der Waals surface area contributed by atoms with Crippen molar-refractivity contribution in [2.24, 2.45) is 0 Å². The third kappa shape index (κ3) is 4.63. The molecule has 0 aromatic carbocycles. The van der Waals surface area contributed by atoms with Gasteiger partial charge in [0.2, 0.25) is 5.91 Å². The molecule has 0 atom stereocenters. The Bertz CT molecular complexity index is 387. The summed E-state index contributed by atoms with van der Waals surface area (Å²) < 4.78 is 0. The standard InChI is InChI=1S/C11H13NO2S/c1-9(14)12-7-11-6-10(8-15-11)4-2-3-5-13/h6,8,13H,3,5,7H2,1H3,(H,12,14). The quantitative estimate of drug-likeness (QED) is 0.754. The first-order valence-corrected chi connectivity index (χ1v) is 5.52. The van der Waals surface area contributed by atoms with Crippen molar-refractivity contribution in [1.82, 2.24) is 5.32 Å². The summed E-state index contributed by atoms with van der Waals surface area (Å²) in [5.41, 5.74) is 0.939. The summed E-state index contributed by atoms with van der Waals surface area (Å²) >= 11 is 1.57. The number of carbonyl (C=O) groups is 1. The lowest BCUT2D eigenvalue weighted by Crippen LogP contribution is -2.18. The molecule has 1 aromatic rings. The van der Waals surface area contributed by atoms with Gasteiger partial charge in [0.05, 0.1) is 13.2 Å². The number of hydrogen-bond donors (Lipinski definition) is 2. The van der Waals surface area contributed by atoms with E-state index in [1.54, 1.807) is 11.3 Å². The molecule has 4 heteroatoms. The van der Waals surface area contributed by atoms with Gasteiger partial charge in [0, 0.05) is 29.2 Å². The number of carbonyl (C=O) groups excluding carboxylic acids is 1. The Hall–Kier alpha value is -1.31. The molecule has 0 aliphatic heterocycles. The van der Waals surface area contributed by atoms with Crippen LogP contribution in [0.1, 0.15) is 23.8 Å². The van der Waals surface area contributed by atoms with Crippen LogP contribution in [0.25, 0.3) is 0 Å². The van der Waals surface area contributed by atoms with Gasteiger partial charge in [-0.25, -0.2) is 0 Å². The van der Waals surface area contributed by atoms with Crippen molar-refractivity contribution in [3.63, 3.8) is 0 Å². The monoisotopic (exact) mass is 223 g/mol. The summed E-state index contributed by atoms with van der Waals surface area (Å²) in [5, 5.41) is 13.2. The van der Waals surface area contributed by atoms with Crippen LogP contribution in [0.4, 0.5) is 0 Å². The van der Waals surface area contributed by atoms with Crippen LogP contribution in [0.2, 0.25) is 0 Å². The first-order valence-electron chi connectivity index (χ1n) is 4.64. The van der Waals surface area contributed by atoms with Crippen LogP contribution in [-0.4, -0.2) is 17.6 Å². The lowest BCUT2D eigenvalue weighted by Gasteiger charge is -1.96. The molecule has 0 unspecified atom stereocenters. The lowest BCUT2D eigenvalue weighted by atomic mass is 10.3. The minimum absolute atomic E-state index is 0.0312. The smallest absolute Gasteiger partial charge is 0.217 e. The second kappa shape index (κ2) is 6.23. The van der Waals surface area contributed by atoms with Crippen LogP contribution in [0, 0.1) is 11.8 Å². The molecule has 0 bridgehead atoms. The Labute approximate surface area is 93.1 Å². The van der Waals surface area contributed by atoms with Gasteiger partial charge in [0.15, 0.2) is 0 Å². The normalized spacial score (nSPS) is 9.20. The van der Waals surface area contributed by atoms with Crippen LogP contribution in [0.15, 0.2) is 11.4 Å². The zero-order valence-corrected chi connectivity index (χ0v) is 9.36. The van der Waals surface area contributed by atoms with E-state index < -0.39 is 0 Å². The first kappa shape index (κ1) is 11.8. The topological polar surface area (TPSA) is 49.3 Å². The first-order chi connectivity index (χ1) is 7.22. The predicted molar refractivity (Wildman–Crippen MR) is 60.4 cm³/mol. The molecule has 0 aliphatic carbocycles. The summed E-state index contributed by atoms with van der Waals surface area (Å²) in [6.45, 7) is 2.15. The summed E-state index contributed by atoms with van der Waals surface area (Å²) in [4.78, 5) is 11.8. The summed E-state index contributed by atoms with van der Waals surface area (Å²) in [6, 6.07) is 1.95. The maximum absolute atomic E-state index is 10.7. The fourth-order valence-electron chi connectivity index (χ4n) is 0.971. The second-order valence-electron chi connectivity index (χ2n) is 2.99. The van der Waals surface area contributed by atoms with Crippen molar-refractivity contribution in [3.8, 4) is 11.8 Å². The van der Waals surface area contributed by atoms with Crippen molar-refractivity contribution in [1.29, 1.82) is 0 Å². The summed E-state index contributed by atoms with van der Waals surface area (Å²) in [6.07, 6.45) is 0.497. The van der Waals surface area contributed by atoms with Gasteiger partial charge in [-0.1, -0.05) is 11.8 Å². The number of hydrogen-bond acceptors (Lipinski definition) is 3. The molecular formula is C11H13NO2S. The zero-order chi connectivity index (χ0) is 11.1. The molecule has 80 valence electrons. The molecule has 0 aliphatic rings. The van der Waals surface area contributed by atoms with E-state index in [4.69, 9.17) is 5.11 Å². The maximum Gasteiger partial charge on any atom is 0.217 e. The molecule has 0 saturated carbocycles. The van der Waals surface area contributed by atoms with Gasteiger partial charge in [-0.2, -0.15) is 0 Å². The van der Waals surface area contributed by atoms with Crippen LogP contribution in [0.3, 0.4) is 0 Å². The Kier molecular flexibility index (Phi) is 4.88. The van der Waals surface area contributed by atoms with E-state index in [2.05, 4.69) is 17.2 Å². The average Bonchev–Trinajstić information content (AvgIpc) is 2.63. The van der Waals surface area contributed by atoms with Crippen molar-refractivity contribution in [3.05, 3.63) is 21.9 Å². The highest BCUT2D eigenvalue weighted by atomic mass is 32.1. The maximum atomic E-state index is 10.7. The van der Waals surface area contributed by atoms with Gasteiger partial charge >= 0.3 is 0 Å². The Balaban J connectivity index is 2.50. The molecule has 1 aromatic heterocycles. The molecular weight excluding hydrogens is 210 g/mol. The largest absolute Gasteiger partial charge is 0.395 e. The highest BCUT2D eigenvalue weighted by molar-refractivity contribution is 7.10. The minimum Gasteiger partial charge on any atom is -0.395 e. The van der Waals surface area contributed by atoms with E-state index in [-0.39, 0.29) is 12.5 Å². The van der Waals surface area contributed by atoms with Crippen molar-refractivity contribution < 1.29 is 9.90 Å².